The third-order valence-electron chi connectivity index (χ3n) is 10.3. The molecule has 9 aromatic carbocycles. The highest BCUT2D eigenvalue weighted by atomic mass is 14.2. The smallest absolute Gasteiger partial charge is 0.00264 e. The topological polar surface area (TPSA) is 0 Å². The molecule has 0 heterocycles. The maximum Gasteiger partial charge on any atom is -0.00264 e. The van der Waals surface area contributed by atoms with E-state index >= 15 is 0 Å². The standard InChI is InChI=1S/C54H38/c1-4-17-39(18-5-1)42-23-12-26-45(35-42)46-27-15-30-49(38-46)54-51(48-29-14-25-44(37-48)41-21-8-3-9-22-41)33-16-34-53(54)52-32-11-10-31-50(52)47-28-13-24-43(36-47)40-19-6-2-7-20-40/h1-38H. The van der Waals surface area contributed by atoms with Crippen molar-refractivity contribution < 1.29 is 0 Å². The summed E-state index contributed by atoms with van der Waals surface area (Å²) < 4.78 is 0. The molecule has 0 radical (unpaired) electrons. The first kappa shape index (κ1) is 32.9. The van der Waals surface area contributed by atoms with Crippen molar-refractivity contribution in [3.63, 3.8) is 0 Å². The Morgan fingerprint density at radius 1 is 0.148 bits per heavy atom. The van der Waals surface area contributed by atoms with Gasteiger partial charge >= 0.3 is 0 Å². The van der Waals surface area contributed by atoms with Gasteiger partial charge in [-0.1, -0.05) is 206 Å². The van der Waals surface area contributed by atoms with Crippen LogP contribution in [0.1, 0.15) is 0 Å². The van der Waals surface area contributed by atoms with Crippen LogP contribution < -0.4 is 0 Å². The molecule has 254 valence electrons. The number of hydrogen-bond acceptors (Lipinski definition) is 0. The van der Waals surface area contributed by atoms with Crippen LogP contribution >= 0.6 is 0 Å². The van der Waals surface area contributed by atoms with Gasteiger partial charge in [-0.2, -0.15) is 0 Å². The lowest BCUT2D eigenvalue weighted by molar-refractivity contribution is 1.53. The van der Waals surface area contributed by atoms with Crippen LogP contribution in [0.2, 0.25) is 0 Å². The van der Waals surface area contributed by atoms with Gasteiger partial charge in [0, 0.05) is 0 Å². The molecule has 0 unspecified atom stereocenters. The molecule has 54 heavy (non-hydrogen) atoms. The molecule has 0 aliphatic rings. The molecule has 9 rings (SSSR count). The van der Waals surface area contributed by atoms with Gasteiger partial charge in [0.2, 0.25) is 0 Å². The lowest BCUT2D eigenvalue weighted by atomic mass is 9.83. The van der Waals surface area contributed by atoms with Crippen molar-refractivity contribution >= 4 is 0 Å². The summed E-state index contributed by atoms with van der Waals surface area (Å²) in [5.74, 6) is 0. The summed E-state index contributed by atoms with van der Waals surface area (Å²) in [5.41, 5.74) is 19.2. The Morgan fingerprint density at radius 3 is 0.926 bits per heavy atom. The predicted molar refractivity (Wildman–Crippen MR) is 230 cm³/mol. The minimum atomic E-state index is 1.18. The lowest BCUT2D eigenvalue weighted by Crippen LogP contribution is -1.94. The first-order chi connectivity index (χ1) is 26.8. The number of rotatable bonds is 8. The van der Waals surface area contributed by atoms with Crippen molar-refractivity contribution in [2.45, 2.75) is 0 Å². The minimum absolute atomic E-state index is 1.18. The quantitative estimate of drug-likeness (QED) is 0.149. The van der Waals surface area contributed by atoms with Gasteiger partial charge in [-0.3, -0.25) is 0 Å². The van der Waals surface area contributed by atoms with Crippen LogP contribution in [0.25, 0.3) is 89.0 Å². The second-order valence-corrected chi connectivity index (χ2v) is 13.7. The molecule has 0 atom stereocenters. The average molecular weight is 687 g/mol. The van der Waals surface area contributed by atoms with Crippen molar-refractivity contribution in [2.75, 3.05) is 0 Å². The average Bonchev–Trinajstić information content (AvgIpc) is 3.27. The van der Waals surface area contributed by atoms with E-state index in [1.165, 1.54) is 89.0 Å². The molecule has 0 amide bonds. The summed E-state index contributed by atoms with van der Waals surface area (Å²) in [6.07, 6.45) is 0. The van der Waals surface area contributed by atoms with Gasteiger partial charge in [-0.05, 0) is 113 Å². The van der Waals surface area contributed by atoms with Gasteiger partial charge < -0.3 is 0 Å². The highest BCUT2D eigenvalue weighted by molar-refractivity contribution is 5.99. The van der Waals surface area contributed by atoms with Crippen LogP contribution in [-0.2, 0) is 0 Å². The Kier molecular flexibility index (Phi) is 9.07. The highest BCUT2D eigenvalue weighted by Crippen LogP contribution is 2.45. The normalized spacial score (nSPS) is 11.0. The van der Waals surface area contributed by atoms with Crippen LogP contribution in [0.3, 0.4) is 0 Å². The van der Waals surface area contributed by atoms with Gasteiger partial charge in [-0.15, -0.1) is 0 Å². The van der Waals surface area contributed by atoms with Crippen LogP contribution in [0.15, 0.2) is 231 Å². The van der Waals surface area contributed by atoms with Crippen molar-refractivity contribution in [1.82, 2.24) is 0 Å². The molecule has 0 aromatic heterocycles. The van der Waals surface area contributed by atoms with Gasteiger partial charge in [0.1, 0.15) is 0 Å². The van der Waals surface area contributed by atoms with Crippen molar-refractivity contribution in [1.29, 1.82) is 0 Å². The predicted octanol–water partition coefficient (Wildman–Crippen LogP) is 15.0. The fourth-order valence-electron chi connectivity index (χ4n) is 7.66. The number of hydrogen-bond donors (Lipinski definition) is 0. The van der Waals surface area contributed by atoms with Crippen LogP contribution in [0.5, 0.6) is 0 Å². The summed E-state index contributed by atoms with van der Waals surface area (Å²) in [6.45, 7) is 0. The summed E-state index contributed by atoms with van der Waals surface area (Å²) in [6, 6.07) is 83.4. The summed E-state index contributed by atoms with van der Waals surface area (Å²) in [7, 11) is 0. The molecule has 0 aliphatic heterocycles. The Bertz CT molecular complexity index is 2690. The van der Waals surface area contributed by atoms with Gasteiger partial charge in [0.15, 0.2) is 0 Å². The maximum absolute atomic E-state index is 2.37. The van der Waals surface area contributed by atoms with E-state index in [2.05, 4.69) is 231 Å². The summed E-state index contributed by atoms with van der Waals surface area (Å²) in [5, 5.41) is 0. The zero-order chi connectivity index (χ0) is 36.1. The van der Waals surface area contributed by atoms with Crippen molar-refractivity contribution in [3.8, 4) is 89.0 Å². The number of benzene rings is 9. The Balaban J connectivity index is 1.24. The molecular weight excluding hydrogens is 649 g/mol. The summed E-state index contributed by atoms with van der Waals surface area (Å²) in [4.78, 5) is 0. The second-order valence-electron chi connectivity index (χ2n) is 13.7. The molecule has 0 saturated carbocycles. The largest absolute Gasteiger partial charge is 0.0622 e. The van der Waals surface area contributed by atoms with Crippen molar-refractivity contribution in [3.05, 3.63) is 231 Å². The third-order valence-corrected chi connectivity index (χ3v) is 10.3. The van der Waals surface area contributed by atoms with Gasteiger partial charge in [-0.25, -0.2) is 0 Å². The molecule has 0 nitrogen and oxygen atoms in total. The molecule has 0 N–H and O–H groups in total. The molecule has 9 aromatic rings. The fraction of sp³-hybridized carbons (Fsp3) is 0. The van der Waals surface area contributed by atoms with E-state index in [1.54, 1.807) is 0 Å². The van der Waals surface area contributed by atoms with E-state index < -0.39 is 0 Å². The molecule has 0 heteroatoms. The van der Waals surface area contributed by atoms with Crippen LogP contribution in [-0.4, -0.2) is 0 Å². The van der Waals surface area contributed by atoms with Gasteiger partial charge in [0.05, 0.1) is 0 Å². The molecule has 0 spiro atoms. The Hall–Kier alpha value is -7.02. The molecule has 0 bridgehead atoms. The van der Waals surface area contributed by atoms with Gasteiger partial charge in [0.25, 0.3) is 0 Å². The second kappa shape index (κ2) is 14.9. The molecule has 0 aliphatic carbocycles. The highest BCUT2D eigenvalue weighted by Gasteiger charge is 2.18. The van der Waals surface area contributed by atoms with Crippen LogP contribution in [0, 0.1) is 0 Å². The molecular formula is C54H38. The monoisotopic (exact) mass is 686 g/mol. The van der Waals surface area contributed by atoms with E-state index in [4.69, 9.17) is 0 Å². The van der Waals surface area contributed by atoms with E-state index in [0.717, 1.165) is 0 Å². The maximum atomic E-state index is 2.37. The van der Waals surface area contributed by atoms with E-state index in [0.29, 0.717) is 0 Å². The third kappa shape index (κ3) is 6.70. The lowest BCUT2D eigenvalue weighted by Gasteiger charge is -2.20. The van der Waals surface area contributed by atoms with E-state index in [-0.39, 0.29) is 0 Å². The first-order valence-corrected chi connectivity index (χ1v) is 18.6. The first-order valence-electron chi connectivity index (χ1n) is 18.6. The molecule has 0 saturated heterocycles. The minimum Gasteiger partial charge on any atom is -0.0622 e. The van der Waals surface area contributed by atoms with E-state index in [1.807, 2.05) is 0 Å². The zero-order valence-electron chi connectivity index (χ0n) is 29.9. The summed E-state index contributed by atoms with van der Waals surface area (Å²) >= 11 is 0. The Labute approximate surface area is 318 Å². The SMILES string of the molecule is c1ccc(-c2cccc(-c3cccc(-c4c(-c5cccc(-c6ccccc6)c5)cccc4-c4ccccc4-c4cccc(-c5ccccc5)c4)c3)c2)cc1. The van der Waals surface area contributed by atoms with E-state index in [9.17, 15) is 0 Å². The zero-order valence-corrected chi connectivity index (χ0v) is 29.9. The van der Waals surface area contributed by atoms with Crippen molar-refractivity contribution in [2.24, 2.45) is 0 Å². The Morgan fingerprint density at radius 2 is 0.426 bits per heavy atom. The fourth-order valence-corrected chi connectivity index (χ4v) is 7.66. The van der Waals surface area contributed by atoms with Crippen LogP contribution in [0.4, 0.5) is 0 Å². The molecule has 0 fully saturated rings.